The van der Waals surface area contributed by atoms with E-state index in [4.69, 9.17) is 16.3 Å². The lowest BCUT2D eigenvalue weighted by atomic mass is 10.5. The molecule has 7 heavy (non-hydrogen) atoms. The van der Waals surface area contributed by atoms with Gasteiger partial charge in [-0.1, -0.05) is 18.5 Å². The Bertz CT molecular complexity index is 39.1. The Morgan fingerprint density at radius 1 is 1.57 bits per heavy atom. The zero-order valence-corrected chi connectivity index (χ0v) is 5.53. The maximum absolute atomic E-state index is 5.54. The molecule has 0 aliphatic carbocycles. The molecular formula is C5H11ClO. The first-order valence-electron chi connectivity index (χ1n) is 2.57. The van der Waals surface area contributed by atoms with E-state index in [0.717, 1.165) is 6.42 Å². The Morgan fingerprint density at radius 3 is 2.29 bits per heavy atom. The van der Waals surface area contributed by atoms with Gasteiger partial charge in [0, 0.05) is 6.61 Å². The van der Waals surface area contributed by atoms with Crippen LogP contribution in [-0.4, -0.2) is 12.2 Å². The van der Waals surface area contributed by atoms with Gasteiger partial charge in [-0.2, -0.15) is 0 Å². The second-order valence-electron chi connectivity index (χ2n) is 1.27. The Balaban J connectivity index is 2.83. The van der Waals surface area contributed by atoms with Crippen LogP contribution in [0.4, 0.5) is 0 Å². The van der Waals surface area contributed by atoms with Gasteiger partial charge in [0.05, 0.1) is 0 Å². The van der Waals surface area contributed by atoms with Gasteiger partial charge in [-0.15, -0.1) is 0 Å². The quantitative estimate of drug-likeness (QED) is 0.521. The topological polar surface area (TPSA) is 9.23 Å². The summed E-state index contributed by atoms with van der Waals surface area (Å²) in [5.74, 6) is 0. The third kappa shape index (κ3) is 4.10. The van der Waals surface area contributed by atoms with Crippen molar-refractivity contribution in [3.63, 3.8) is 0 Å². The summed E-state index contributed by atoms with van der Waals surface area (Å²) < 4.78 is 4.96. The van der Waals surface area contributed by atoms with E-state index in [9.17, 15) is 0 Å². The fourth-order valence-corrected chi connectivity index (χ4v) is 0.425. The summed E-state index contributed by atoms with van der Waals surface area (Å²) >= 11 is 5.54. The van der Waals surface area contributed by atoms with Crippen molar-refractivity contribution in [2.45, 2.75) is 25.8 Å². The van der Waals surface area contributed by atoms with Crippen molar-refractivity contribution < 1.29 is 4.74 Å². The Labute approximate surface area is 49.6 Å². The van der Waals surface area contributed by atoms with Crippen LogP contribution in [0.15, 0.2) is 0 Å². The first kappa shape index (κ1) is 7.25. The SMILES string of the molecule is CCOC(Cl)CC. The summed E-state index contributed by atoms with van der Waals surface area (Å²) in [7, 11) is 0. The highest BCUT2D eigenvalue weighted by atomic mass is 35.5. The van der Waals surface area contributed by atoms with Gasteiger partial charge in [-0.3, -0.25) is 0 Å². The minimum Gasteiger partial charge on any atom is -0.363 e. The molecule has 0 radical (unpaired) electrons. The summed E-state index contributed by atoms with van der Waals surface area (Å²) in [6.45, 7) is 4.64. The average Bonchev–Trinajstić information content (AvgIpc) is 1.68. The van der Waals surface area contributed by atoms with E-state index < -0.39 is 0 Å². The van der Waals surface area contributed by atoms with E-state index >= 15 is 0 Å². The van der Waals surface area contributed by atoms with Gasteiger partial charge in [0.2, 0.25) is 0 Å². The molecule has 2 heteroatoms. The number of alkyl halides is 1. The Kier molecular flexibility index (Phi) is 4.57. The second kappa shape index (κ2) is 4.41. The smallest absolute Gasteiger partial charge is 0.130 e. The zero-order valence-electron chi connectivity index (χ0n) is 4.78. The minimum absolute atomic E-state index is 0.0787. The van der Waals surface area contributed by atoms with Crippen molar-refractivity contribution in [1.29, 1.82) is 0 Å². The molecule has 1 nitrogen and oxygen atoms in total. The molecule has 0 saturated heterocycles. The fraction of sp³-hybridized carbons (Fsp3) is 1.00. The third-order valence-corrected chi connectivity index (χ3v) is 1.10. The highest BCUT2D eigenvalue weighted by Crippen LogP contribution is 2.00. The molecule has 0 rings (SSSR count). The van der Waals surface area contributed by atoms with Gasteiger partial charge in [0.25, 0.3) is 0 Å². The van der Waals surface area contributed by atoms with Crippen LogP contribution in [-0.2, 0) is 4.74 Å². The maximum Gasteiger partial charge on any atom is 0.130 e. The highest BCUT2D eigenvalue weighted by Gasteiger charge is 1.94. The average molecular weight is 123 g/mol. The standard InChI is InChI=1S/C5H11ClO/c1-3-5(6)7-4-2/h5H,3-4H2,1-2H3. The van der Waals surface area contributed by atoms with E-state index in [1.165, 1.54) is 0 Å². The third-order valence-electron chi connectivity index (χ3n) is 0.668. The number of rotatable bonds is 3. The molecule has 0 aliphatic heterocycles. The van der Waals surface area contributed by atoms with Crippen molar-refractivity contribution >= 4 is 11.6 Å². The van der Waals surface area contributed by atoms with Crippen molar-refractivity contribution in [2.24, 2.45) is 0 Å². The van der Waals surface area contributed by atoms with Crippen LogP contribution >= 0.6 is 11.6 Å². The number of hydrogen-bond acceptors (Lipinski definition) is 1. The molecule has 44 valence electrons. The predicted molar refractivity (Wildman–Crippen MR) is 31.6 cm³/mol. The molecule has 1 unspecified atom stereocenters. The molecule has 0 aliphatic rings. The fourth-order valence-electron chi connectivity index (χ4n) is 0.299. The van der Waals surface area contributed by atoms with Crippen LogP contribution in [0.5, 0.6) is 0 Å². The van der Waals surface area contributed by atoms with E-state index in [1.54, 1.807) is 0 Å². The molecular weight excluding hydrogens is 112 g/mol. The molecule has 0 aromatic rings. The molecule has 0 aromatic carbocycles. The minimum atomic E-state index is -0.0787. The van der Waals surface area contributed by atoms with E-state index in [-0.39, 0.29) is 5.56 Å². The van der Waals surface area contributed by atoms with E-state index in [2.05, 4.69) is 0 Å². The van der Waals surface area contributed by atoms with Gasteiger partial charge in [-0.05, 0) is 13.3 Å². The molecule has 0 amide bonds. The summed E-state index contributed by atoms with van der Waals surface area (Å²) in [4.78, 5) is 0. The first-order chi connectivity index (χ1) is 3.31. The molecule has 0 spiro atoms. The summed E-state index contributed by atoms with van der Waals surface area (Å²) in [5.41, 5.74) is -0.0787. The first-order valence-corrected chi connectivity index (χ1v) is 3.00. The molecule has 0 N–H and O–H groups in total. The largest absolute Gasteiger partial charge is 0.363 e. The lowest BCUT2D eigenvalue weighted by Crippen LogP contribution is -2.01. The molecule has 0 saturated carbocycles. The monoisotopic (exact) mass is 122 g/mol. The molecule has 0 fully saturated rings. The molecule has 0 heterocycles. The van der Waals surface area contributed by atoms with Gasteiger partial charge in [0.1, 0.15) is 5.56 Å². The zero-order chi connectivity index (χ0) is 5.70. The molecule has 1 atom stereocenters. The van der Waals surface area contributed by atoms with Gasteiger partial charge >= 0.3 is 0 Å². The Morgan fingerprint density at radius 2 is 2.14 bits per heavy atom. The molecule has 0 bridgehead atoms. The van der Waals surface area contributed by atoms with Crippen LogP contribution in [0.25, 0.3) is 0 Å². The van der Waals surface area contributed by atoms with Crippen LogP contribution in [0.2, 0.25) is 0 Å². The predicted octanol–water partition coefficient (Wildman–Crippen LogP) is 2.00. The van der Waals surface area contributed by atoms with E-state index in [0.29, 0.717) is 6.61 Å². The normalized spacial score (nSPS) is 14.1. The summed E-state index contributed by atoms with van der Waals surface area (Å²) in [6.07, 6.45) is 0.884. The van der Waals surface area contributed by atoms with Gasteiger partial charge in [0.15, 0.2) is 0 Å². The number of ether oxygens (including phenoxy) is 1. The van der Waals surface area contributed by atoms with Crippen molar-refractivity contribution in [3.8, 4) is 0 Å². The lowest BCUT2D eigenvalue weighted by molar-refractivity contribution is 0.117. The lowest BCUT2D eigenvalue weighted by Gasteiger charge is -2.03. The number of halogens is 1. The van der Waals surface area contributed by atoms with Gasteiger partial charge in [-0.25, -0.2) is 0 Å². The van der Waals surface area contributed by atoms with Crippen LogP contribution < -0.4 is 0 Å². The molecule has 0 aromatic heterocycles. The van der Waals surface area contributed by atoms with Crippen molar-refractivity contribution in [2.75, 3.05) is 6.61 Å². The summed E-state index contributed by atoms with van der Waals surface area (Å²) in [5, 5.41) is 0. The van der Waals surface area contributed by atoms with Crippen molar-refractivity contribution in [1.82, 2.24) is 0 Å². The van der Waals surface area contributed by atoms with Crippen LogP contribution in [0.3, 0.4) is 0 Å². The van der Waals surface area contributed by atoms with Crippen molar-refractivity contribution in [3.05, 3.63) is 0 Å². The maximum atomic E-state index is 5.54. The van der Waals surface area contributed by atoms with Crippen LogP contribution in [0.1, 0.15) is 20.3 Å². The van der Waals surface area contributed by atoms with Crippen LogP contribution in [0, 0.1) is 0 Å². The second-order valence-corrected chi connectivity index (χ2v) is 1.76. The van der Waals surface area contributed by atoms with Gasteiger partial charge < -0.3 is 4.74 Å². The summed E-state index contributed by atoms with van der Waals surface area (Å²) in [6, 6.07) is 0. The Hall–Kier alpha value is 0.250. The van der Waals surface area contributed by atoms with E-state index in [1.807, 2.05) is 13.8 Å². The highest BCUT2D eigenvalue weighted by molar-refractivity contribution is 6.19. The number of hydrogen-bond donors (Lipinski definition) is 0.